The van der Waals surface area contributed by atoms with Crippen molar-refractivity contribution in [2.75, 3.05) is 0 Å². The number of rotatable bonds is 2. The Hall–Kier alpha value is -0.490. The molecule has 0 aliphatic rings. The maximum absolute atomic E-state index is 6.17. The third kappa shape index (κ3) is 2.47. The number of benzene rings is 1. The van der Waals surface area contributed by atoms with Crippen LogP contribution in [0.4, 0.5) is 0 Å². The standard InChI is InChI=1S/C12H17Cl/c1-8(2)10-5-6-11(9(3)4)12(13)7-10/h5-9H,1-4H3. The van der Waals surface area contributed by atoms with Gasteiger partial charge in [0.15, 0.2) is 0 Å². The molecule has 0 N–H and O–H groups in total. The fourth-order valence-electron chi connectivity index (χ4n) is 1.37. The van der Waals surface area contributed by atoms with Gasteiger partial charge < -0.3 is 0 Å². The van der Waals surface area contributed by atoms with E-state index in [1.165, 1.54) is 11.1 Å². The smallest absolute Gasteiger partial charge is 0.0443 e. The lowest BCUT2D eigenvalue weighted by Gasteiger charge is -2.11. The highest BCUT2D eigenvalue weighted by molar-refractivity contribution is 6.31. The first kappa shape index (κ1) is 10.6. The van der Waals surface area contributed by atoms with Gasteiger partial charge in [-0.3, -0.25) is 0 Å². The molecule has 0 atom stereocenters. The second kappa shape index (κ2) is 4.15. The quantitative estimate of drug-likeness (QED) is 0.649. The van der Waals surface area contributed by atoms with Crippen molar-refractivity contribution in [1.29, 1.82) is 0 Å². The van der Waals surface area contributed by atoms with Gasteiger partial charge in [-0.25, -0.2) is 0 Å². The fourth-order valence-corrected chi connectivity index (χ4v) is 1.78. The largest absolute Gasteiger partial charge is 0.0840 e. The van der Waals surface area contributed by atoms with Gasteiger partial charge in [0.1, 0.15) is 0 Å². The van der Waals surface area contributed by atoms with Crippen molar-refractivity contribution in [2.24, 2.45) is 0 Å². The summed E-state index contributed by atoms with van der Waals surface area (Å²) >= 11 is 6.17. The van der Waals surface area contributed by atoms with Crippen LogP contribution in [0.5, 0.6) is 0 Å². The Bertz CT molecular complexity index is 287. The van der Waals surface area contributed by atoms with Crippen LogP contribution in [0.2, 0.25) is 5.02 Å². The summed E-state index contributed by atoms with van der Waals surface area (Å²) in [6.07, 6.45) is 0. The highest BCUT2D eigenvalue weighted by atomic mass is 35.5. The third-order valence-electron chi connectivity index (χ3n) is 2.31. The van der Waals surface area contributed by atoms with E-state index >= 15 is 0 Å². The molecular formula is C12H17Cl. The maximum Gasteiger partial charge on any atom is 0.0443 e. The molecule has 0 heterocycles. The van der Waals surface area contributed by atoms with Gasteiger partial charge in [0.05, 0.1) is 0 Å². The Labute approximate surface area is 85.9 Å². The molecule has 13 heavy (non-hydrogen) atoms. The molecule has 0 spiro atoms. The SMILES string of the molecule is CC(C)c1ccc(C(C)C)c(Cl)c1. The molecule has 0 amide bonds. The van der Waals surface area contributed by atoms with Crippen molar-refractivity contribution < 1.29 is 0 Å². The Morgan fingerprint density at radius 1 is 1.00 bits per heavy atom. The zero-order chi connectivity index (χ0) is 10.0. The van der Waals surface area contributed by atoms with E-state index in [1.54, 1.807) is 0 Å². The van der Waals surface area contributed by atoms with Gasteiger partial charge in [-0.2, -0.15) is 0 Å². The molecule has 0 saturated carbocycles. The Kier molecular flexibility index (Phi) is 3.38. The van der Waals surface area contributed by atoms with Crippen molar-refractivity contribution in [3.63, 3.8) is 0 Å². The van der Waals surface area contributed by atoms with Crippen molar-refractivity contribution >= 4 is 11.6 Å². The van der Waals surface area contributed by atoms with E-state index in [2.05, 4.69) is 45.9 Å². The van der Waals surface area contributed by atoms with Crippen LogP contribution in [0.1, 0.15) is 50.7 Å². The van der Waals surface area contributed by atoms with Crippen molar-refractivity contribution in [1.82, 2.24) is 0 Å². The van der Waals surface area contributed by atoms with Crippen LogP contribution in [-0.2, 0) is 0 Å². The minimum Gasteiger partial charge on any atom is -0.0840 e. The average molecular weight is 197 g/mol. The average Bonchev–Trinajstić information content (AvgIpc) is 2.03. The van der Waals surface area contributed by atoms with Gasteiger partial charge in [0.25, 0.3) is 0 Å². The van der Waals surface area contributed by atoms with Gasteiger partial charge in [-0.1, -0.05) is 51.4 Å². The monoisotopic (exact) mass is 196 g/mol. The molecule has 0 aliphatic heterocycles. The van der Waals surface area contributed by atoms with E-state index in [4.69, 9.17) is 11.6 Å². The maximum atomic E-state index is 6.17. The molecule has 0 aromatic heterocycles. The molecule has 0 unspecified atom stereocenters. The third-order valence-corrected chi connectivity index (χ3v) is 2.64. The van der Waals surface area contributed by atoms with Gasteiger partial charge in [-0.15, -0.1) is 0 Å². The molecule has 0 nitrogen and oxygen atoms in total. The van der Waals surface area contributed by atoms with Crippen molar-refractivity contribution in [3.8, 4) is 0 Å². The molecule has 72 valence electrons. The van der Waals surface area contributed by atoms with Crippen LogP contribution in [0.25, 0.3) is 0 Å². The molecule has 1 heteroatoms. The highest BCUT2D eigenvalue weighted by Crippen LogP contribution is 2.27. The van der Waals surface area contributed by atoms with Crippen LogP contribution in [0.3, 0.4) is 0 Å². The van der Waals surface area contributed by atoms with E-state index in [1.807, 2.05) is 0 Å². The molecule has 0 aliphatic carbocycles. The minimum atomic E-state index is 0.508. The second-order valence-corrected chi connectivity index (χ2v) is 4.50. The molecule has 0 bridgehead atoms. The predicted molar refractivity (Wildman–Crippen MR) is 59.6 cm³/mol. The van der Waals surface area contributed by atoms with Crippen LogP contribution in [-0.4, -0.2) is 0 Å². The molecule has 1 rings (SSSR count). The van der Waals surface area contributed by atoms with Crippen LogP contribution in [0, 0.1) is 0 Å². The topological polar surface area (TPSA) is 0 Å². The highest BCUT2D eigenvalue weighted by Gasteiger charge is 2.06. The lowest BCUT2D eigenvalue weighted by Crippen LogP contribution is -1.92. The first-order valence-electron chi connectivity index (χ1n) is 4.81. The molecular weight excluding hydrogens is 180 g/mol. The Morgan fingerprint density at radius 3 is 2.00 bits per heavy atom. The van der Waals surface area contributed by atoms with Gasteiger partial charge >= 0.3 is 0 Å². The van der Waals surface area contributed by atoms with E-state index in [9.17, 15) is 0 Å². The summed E-state index contributed by atoms with van der Waals surface area (Å²) in [6.45, 7) is 8.69. The number of hydrogen-bond acceptors (Lipinski definition) is 0. The van der Waals surface area contributed by atoms with Gasteiger partial charge in [-0.05, 0) is 29.0 Å². The predicted octanol–water partition coefficient (Wildman–Crippen LogP) is 4.59. The van der Waals surface area contributed by atoms with E-state index in [-0.39, 0.29) is 0 Å². The second-order valence-electron chi connectivity index (χ2n) is 4.09. The summed E-state index contributed by atoms with van der Waals surface area (Å²) in [6, 6.07) is 6.40. The molecule has 0 radical (unpaired) electrons. The first-order valence-corrected chi connectivity index (χ1v) is 5.19. The van der Waals surface area contributed by atoms with Crippen molar-refractivity contribution in [2.45, 2.75) is 39.5 Å². The Balaban J connectivity index is 3.06. The Morgan fingerprint density at radius 2 is 1.62 bits per heavy atom. The summed E-state index contributed by atoms with van der Waals surface area (Å²) in [5.74, 6) is 1.06. The van der Waals surface area contributed by atoms with Crippen LogP contribution in [0.15, 0.2) is 18.2 Å². The summed E-state index contributed by atoms with van der Waals surface area (Å²) in [5.41, 5.74) is 2.56. The zero-order valence-electron chi connectivity index (χ0n) is 8.76. The number of hydrogen-bond donors (Lipinski definition) is 0. The van der Waals surface area contributed by atoms with Crippen LogP contribution >= 0.6 is 11.6 Å². The molecule has 1 aromatic rings. The minimum absolute atomic E-state index is 0.508. The van der Waals surface area contributed by atoms with E-state index < -0.39 is 0 Å². The summed E-state index contributed by atoms with van der Waals surface area (Å²) in [5, 5.41) is 0.904. The van der Waals surface area contributed by atoms with E-state index in [0.29, 0.717) is 11.8 Å². The molecule has 0 fully saturated rings. The van der Waals surface area contributed by atoms with E-state index in [0.717, 1.165) is 5.02 Å². The normalized spacial score (nSPS) is 11.3. The van der Waals surface area contributed by atoms with Gasteiger partial charge in [0.2, 0.25) is 0 Å². The summed E-state index contributed by atoms with van der Waals surface area (Å²) < 4.78 is 0. The summed E-state index contributed by atoms with van der Waals surface area (Å²) in [7, 11) is 0. The first-order chi connectivity index (χ1) is 6.02. The van der Waals surface area contributed by atoms with Crippen LogP contribution < -0.4 is 0 Å². The fraction of sp³-hybridized carbons (Fsp3) is 0.500. The number of halogens is 1. The zero-order valence-corrected chi connectivity index (χ0v) is 9.52. The summed E-state index contributed by atoms with van der Waals surface area (Å²) in [4.78, 5) is 0. The van der Waals surface area contributed by atoms with Crippen molar-refractivity contribution in [3.05, 3.63) is 34.3 Å². The molecule has 1 aromatic carbocycles. The lowest BCUT2D eigenvalue weighted by atomic mass is 9.97. The van der Waals surface area contributed by atoms with Gasteiger partial charge in [0, 0.05) is 5.02 Å². The lowest BCUT2D eigenvalue weighted by molar-refractivity contribution is 0.845. The molecule has 0 saturated heterocycles.